The van der Waals surface area contributed by atoms with Crippen molar-refractivity contribution in [2.75, 3.05) is 17.7 Å². The lowest BCUT2D eigenvalue weighted by Crippen LogP contribution is -2.16. The van der Waals surface area contributed by atoms with Crippen molar-refractivity contribution >= 4 is 45.2 Å². The highest BCUT2D eigenvalue weighted by molar-refractivity contribution is 6.11. The molecule has 0 saturated heterocycles. The van der Waals surface area contributed by atoms with Gasteiger partial charge in [0.15, 0.2) is 5.69 Å². The number of fused-ring (bicyclic) bond motifs is 2. The first-order valence-electron chi connectivity index (χ1n) is 12.2. The first-order chi connectivity index (χ1) is 17.9. The van der Waals surface area contributed by atoms with Crippen LogP contribution in [0.3, 0.4) is 0 Å². The van der Waals surface area contributed by atoms with Crippen LogP contribution in [0.15, 0.2) is 67.0 Å². The Hall–Kier alpha value is -4.59. The van der Waals surface area contributed by atoms with E-state index in [1.165, 1.54) is 19.6 Å². The first kappa shape index (κ1) is 24.1. The minimum atomic E-state index is -0.533. The molecule has 0 fully saturated rings. The maximum atomic E-state index is 13.0. The van der Waals surface area contributed by atoms with Crippen molar-refractivity contribution < 1.29 is 14.3 Å². The number of carbonyl (C=O) groups excluding carboxylic acids is 2. The number of aromatic nitrogens is 3. The van der Waals surface area contributed by atoms with E-state index in [4.69, 9.17) is 9.72 Å². The fourth-order valence-corrected chi connectivity index (χ4v) is 4.63. The molecule has 188 valence electrons. The lowest BCUT2D eigenvalue weighted by Gasteiger charge is -2.10. The van der Waals surface area contributed by atoms with Gasteiger partial charge >= 0.3 is 5.97 Å². The summed E-state index contributed by atoms with van der Waals surface area (Å²) in [6.45, 7) is 4.57. The summed E-state index contributed by atoms with van der Waals surface area (Å²) in [7, 11) is 1.34. The number of hydrogen-bond acceptors (Lipinski definition) is 5. The molecule has 5 aromatic rings. The molecule has 1 amide bonds. The Morgan fingerprint density at radius 1 is 1.08 bits per heavy atom. The van der Waals surface area contributed by atoms with Crippen molar-refractivity contribution in [1.82, 2.24) is 14.5 Å². The molecule has 0 radical (unpaired) electrons. The number of anilines is 2. The Balaban J connectivity index is 1.53. The molecule has 0 unspecified atom stereocenters. The highest BCUT2D eigenvalue weighted by atomic mass is 16.5. The molecule has 0 aliphatic rings. The maximum absolute atomic E-state index is 13.0. The number of aromatic amines is 1. The molecular weight excluding hydrogens is 466 g/mol. The third-order valence-corrected chi connectivity index (χ3v) is 6.48. The highest BCUT2D eigenvalue weighted by Crippen LogP contribution is 2.33. The van der Waals surface area contributed by atoms with Crippen molar-refractivity contribution in [2.45, 2.75) is 33.4 Å². The summed E-state index contributed by atoms with van der Waals surface area (Å²) in [5.41, 5.74) is 6.59. The highest BCUT2D eigenvalue weighted by Gasteiger charge is 2.25. The molecule has 0 atom stereocenters. The molecule has 0 aliphatic heterocycles. The molecule has 0 spiro atoms. The minimum Gasteiger partial charge on any atom is -0.464 e. The van der Waals surface area contributed by atoms with Crippen LogP contribution in [0.5, 0.6) is 0 Å². The van der Waals surface area contributed by atoms with Crippen molar-refractivity contribution in [3.63, 3.8) is 0 Å². The summed E-state index contributed by atoms with van der Waals surface area (Å²) in [6.07, 6.45) is 4.40. The number of benzene rings is 2. The summed E-state index contributed by atoms with van der Waals surface area (Å²) in [5, 5.41) is 8.05. The molecule has 0 aliphatic carbocycles. The van der Waals surface area contributed by atoms with Crippen molar-refractivity contribution in [3.05, 3.63) is 89.4 Å². The zero-order valence-electron chi connectivity index (χ0n) is 21.1. The fourth-order valence-electron chi connectivity index (χ4n) is 4.63. The molecule has 2 aromatic carbocycles. The summed E-state index contributed by atoms with van der Waals surface area (Å²) >= 11 is 0. The number of aryl methyl sites for hydroxylation is 3. The lowest BCUT2D eigenvalue weighted by atomic mass is 10.1. The van der Waals surface area contributed by atoms with Gasteiger partial charge in [0.1, 0.15) is 5.65 Å². The molecule has 3 aromatic heterocycles. The monoisotopic (exact) mass is 495 g/mol. The van der Waals surface area contributed by atoms with E-state index in [1.807, 2.05) is 35.0 Å². The Morgan fingerprint density at radius 3 is 2.62 bits per heavy atom. The predicted molar refractivity (Wildman–Crippen MR) is 146 cm³/mol. The molecule has 0 saturated carbocycles. The van der Waals surface area contributed by atoms with E-state index >= 15 is 0 Å². The average molecular weight is 496 g/mol. The number of pyridine rings is 1. The standard InChI is InChI=1S/C29H29N5O3/c1-18-8-10-20(11-9-18)15-30-22-14-24-26(33-19(2)35)27(29(36)37-3)34(28(24)32-17-22)13-12-21-16-31-25-7-5-4-6-23(21)25/h4-11,14,16-17,30-31H,12-13,15H2,1-3H3,(H,33,35). The first-order valence-corrected chi connectivity index (χ1v) is 12.2. The summed E-state index contributed by atoms with van der Waals surface area (Å²) in [4.78, 5) is 33.1. The summed E-state index contributed by atoms with van der Waals surface area (Å²) in [6, 6.07) is 18.3. The molecule has 8 heteroatoms. The van der Waals surface area contributed by atoms with E-state index in [0.717, 1.165) is 27.7 Å². The third-order valence-electron chi connectivity index (χ3n) is 6.48. The zero-order valence-corrected chi connectivity index (χ0v) is 21.1. The number of nitrogens with one attached hydrogen (secondary N) is 3. The van der Waals surface area contributed by atoms with Gasteiger partial charge in [-0.1, -0.05) is 48.0 Å². The summed E-state index contributed by atoms with van der Waals surface area (Å²) < 4.78 is 6.95. The lowest BCUT2D eigenvalue weighted by molar-refractivity contribution is -0.114. The number of ether oxygens (including phenoxy) is 1. The second-order valence-corrected chi connectivity index (χ2v) is 9.09. The Labute approximate surface area is 214 Å². The second-order valence-electron chi connectivity index (χ2n) is 9.09. The van der Waals surface area contributed by atoms with Crippen LogP contribution >= 0.6 is 0 Å². The number of para-hydroxylation sites is 1. The number of H-pyrrole nitrogens is 1. The van der Waals surface area contributed by atoms with Crippen LogP contribution in [-0.2, 0) is 29.0 Å². The molecule has 37 heavy (non-hydrogen) atoms. The van der Waals surface area contributed by atoms with E-state index in [2.05, 4.69) is 52.9 Å². The van der Waals surface area contributed by atoms with Crippen LogP contribution in [0, 0.1) is 6.92 Å². The maximum Gasteiger partial charge on any atom is 0.356 e. The average Bonchev–Trinajstić information content (AvgIpc) is 3.45. The second kappa shape index (κ2) is 10.2. The van der Waals surface area contributed by atoms with Gasteiger partial charge < -0.3 is 24.9 Å². The molecule has 0 bridgehead atoms. The van der Waals surface area contributed by atoms with Gasteiger partial charge in [-0.2, -0.15) is 0 Å². The van der Waals surface area contributed by atoms with Gasteiger partial charge in [-0.05, 0) is 36.6 Å². The largest absolute Gasteiger partial charge is 0.464 e. The van der Waals surface area contributed by atoms with E-state index in [1.54, 1.807) is 6.20 Å². The van der Waals surface area contributed by atoms with Crippen LogP contribution in [0.4, 0.5) is 11.4 Å². The van der Waals surface area contributed by atoms with E-state index < -0.39 is 5.97 Å². The summed E-state index contributed by atoms with van der Waals surface area (Å²) in [5.74, 6) is -0.811. The topological polar surface area (TPSA) is 101 Å². The van der Waals surface area contributed by atoms with E-state index in [-0.39, 0.29) is 11.6 Å². The van der Waals surface area contributed by atoms with Crippen LogP contribution in [-0.4, -0.2) is 33.5 Å². The van der Waals surface area contributed by atoms with Gasteiger partial charge in [-0.3, -0.25) is 4.79 Å². The van der Waals surface area contributed by atoms with Gasteiger partial charge in [0.05, 0.1) is 24.7 Å². The van der Waals surface area contributed by atoms with Gasteiger partial charge in [0, 0.05) is 42.5 Å². The number of methoxy groups -OCH3 is 1. The van der Waals surface area contributed by atoms with Crippen molar-refractivity contribution in [1.29, 1.82) is 0 Å². The van der Waals surface area contributed by atoms with Crippen molar-refractivity contribution in [3.8, 4) is 0 Å². The Bertz CT molecular complexity index is 1600. The third kappa shape index (κ3) is 4.91. The van der Waals surface area contributed by atoms with Crippen LogP contribution in [0.2, 0.25) is 0 Å². The van der Waals surface area contributed by atoms with Gasteiger partial charge in [0.25, 0.3) is 0 Å². The molecule has 5 rings (SSSR count). The predicted octanol–water partition coefficient (Wildman–Crippen LogP) is 5.43. The van der Waals surface area contributed by atoms with Crippen molar-refractivity contribution in [2.24, 2.45) is 0 Å². The normalized spacial score (nSPS) is 11.1. The van der Waals surface area contributed by atoms with Gasteiger partial charge in [-0.15, -0.1) is 0 Å². The Morgan fingerprint density at radius 2 is 1.86 bits per heavy atom. The van der Waals surface area contributed by atoms with E-state index in [9.17, 15) is 9.59 Å². The smallest absolute Gasteiger partial charge is 0.356 e. The number of hydrogen-bond donors (Lipinski definition) is 3. The molecular formula is C29H29N5O3. The number of esters is 1. The Kier molecular flexibility index (Phi) is 6.64. The zero-order chi connectivity index (χ0) is 25.9. The van der Waals surface area contributed by atoms with E-state index in [0.29, 0.717) is 36.2 Å². The number of amides is 1. The molecule has 3 N–H and O–H groups in total. The van der Waals surface area contributed by atoms with Crippen LogP contribution in [0.25, 0.3) is 21.9 Å². The minimum absolute atomic E-state index is 0.274. The molecule has 8 nitrogen and oxygen atoms in total. The van der Waals surface area contributed by atoms with Crippen LogP contribution < -0.4 is 10.6 Å². The quantitative estimate of drug-likeness (QED) is 0.249. The SMILES string of the molecule is COC(=O)c1c(NC(C)=O)c2cc(NCc3ccc(C)cc3)cnc2n1CCc1c[nH]c2ccccc12. The number of nitrogens with zero attached hydrogens (tertiary/aromatic N) is 2. The fraction of sp³-hybridized carbons (Fsp3) is 0.207. The van der Waals surface area contributed by atoms with Gasteiger partial charge in [0.2, 0.25) is 5.91 Å². The number of rotatable bonds is 8. The van der Waals surface area contributed by atoms with Gasteiger partial charge in [-0.25, -0.2) is 9.78 Å². The number of carbonyl (C=O) groups is 2. The molecule has 3 heterocycles. The van der Waals surface area contributed by atoms with Crippen LogP contribution in [0.1, 0.15) is 34.1 Å².